The van der Waals surface area contributed by atoms with Crippen molar-refractivity contribution in [1.82, 2.24) is 0 Å². The first-order chi connectivity index (χ1) is 15.4. The lowest BCUT2D eigenvalue weighted by Gasteiger charge is -2.39. The van der Waals surface area contributed by atoms with Crippen molar-refractivity contribution < 1.29 is 23.9 Å². The first kappa shape index (κ1) is 29.6. The van der Waals surface area contributed by atoms with Crippen molar-refractivity contribution in [2.24, 2.45) is 11.8 Å². The van der Waals surface area contributed by atoms with Crippen molar-refractivity contribution in [3.8, 4) is 11.8 Å². The maximum atomic E-state index is 12.9. The standard InChI is InChI=1S/C27H46O5Si/c1-8-9-12-15-21(28)18-19-23-22(16-13-10-11-14-17-26(30)31-5)24(29)20-25(23)32-33(6,7)27(2,3)4/h18-19,21-23,25,28H,8-9,11-12,14-17,20H2,1-7H3/b19-18+/t21-,22-,23-,25-/m1/s1. The van der Waals surface area contributed by atoms with Crippen molar-refractivity contribution in [2.75, 3.05) is 7.11 Å². The summed E-state index contributed by atoms with van der Waals surface area (Å²) >= 11 is 0. The van der Waals surface area contributed by atoms with Crippen LogP contribution in [0.1, 0.15) is 85.5 Å². The van der Waals surface area contributed by atoms with Gasteiger partial charge in [-0.1, -0.05) is 59.1 Å². The number of hydrogen-bond donors (Lipinski definition) is 1. The minimum Gasteiger partial charge on any atom is -0.469 e. The Morgan fingerprint density at radius 3 is 2.55 bits per heavy atom. The number of hydrogen-bond acceptors (Lipinski definition) is 5. The molecule has 0 bridgehead atoms. The summed E-state index contributed by atoms with van der Waals surface area (Å²) in [4.78, 5) is 24.2. The second-order valence-corrected chi connectivity index (χ2v) is 15.5. The predicted octanol–water partition coefficient (Wildman–Crippen LogP) is 5.82. The number of esters is 1. The van der Waals surface area contributed by atoms with Crippen molar-refractivity contribution in [3.05, 3.63) is 12.2 Å². The molecule has 0 amide bonds. The van der Waals surface area contributed by atoms with Crippen LogP contribution in [0.5, 0.6) is 0 Å². The summed E-state index contributed by atoms with van der Waals surface area (Å²) in [5.74, 6) is 5.94. The maximum Gasteiger partial charge on any atom is 0.305 e. The van der Waals surface area contributed by atoms with E-state index in [4.69, 9.17) is 4.43 Å². The molecule has 1 fully saturated rings. The lowest BCUT2D eigenvalue weighted by atomic mass is 9.90. The summed E-state index contributed by atoms with van der Waals surface area (Å²) in [6.45, 7) is 13.2. The normalized spacial score (nSPS) is 22.3. The molecule has 1 aliphatic carbocycles. The third-order valence-electron chi connectivity index (χ3n) is 6.98. The molecule has 0 heterocycles. The molecule has 0 aromatic carbocycles. The lowest BCUT2D eigenvalue weighted by molar-refractivity contribution is -0.140. The summed E-state index contributed by atoms with van der Waals surface area (Å²) in [5, 5.41) is 10.5. The van der Waals surface area contributed by atoms with Gasteiger partial charge in [-0.25, -0.2) is 0 Å². The van der Waals surface area contributed by atoms with Crippen molar-refractivity contribution in [1.29, 1.82) is 0 Å². The topological polar surface area (TPSA) is 72.8 Å². The number of aliphatic hydroxyl groups is 1. The number of rotatable bonds is 12. The van der Waals surface area contributed by atoms with Gasteiger partial charge in [0.05, 0.1) is 19.3 Å². The van der Waals surface area contributed by atoms with Gasteiger partial charge in [0.25, 0.3) is 0 Å². The first-order valence-corrected chi connectivity index (χ1v) is 15.4. The minimum absolute atomic E-state index is 0.0571. The third-order valence-corrected chi connectivity index (χ3v) is 11.5. The van der Waals surface area contributed by atoms with Gasteiger partial charge in [0.15, 0.2) is 8.32 Å². The molecule has 0 aromatic heterocycles. The van der Waals surface area contributed by atoms with Gasteiger partial charge in [0.2, 0.25) is 0 Å². The molecule has 1 saturated carbocycles. The minimum atomic E-state index is -2.04. The van der Waals surface area contributed by atoms with E-state index in [0.29, 0.717) is 32.1 Å². The van der Waals surface area contributed by atoms with Gasteiger partial charge in [0.1, 0.15) is 5.78 Å². The molecular formula is C27H46O5Si. The largest absolute Gasteiger partial charge is 0.469 e. The molecule has 0 radical (unpaired) electrons. The van der Waals surface area contributed by atoms with Crippen molar-refractivity contribution >= 4 is 20.1 Å². The van der Waals surface area contributed by atoms with Crippen LogP contribution in [0.3, 0.4) is 0 Å². The highest BCUT2D eigenvalue weighted by Crippen LogP contribution is 2.42. The average molecular weight is 479 g/mol. The highest BCUT2D eigenvalue weighted by Gasteiger charge is 2.46. The highest BCUT2D eigenvalue weighted by atomic mass is 28.4. The second-order valence-electron chi connectivity index (χ2n) is 10.7. The fraction of sp³-hybridized carbons (Fsp3) is 0.778. The van der Waals surface area contributed by atoms with Gasteiger partial charge >= 0.3 is 5.97 Å². The number of methoxy groups -OCH3 is 1. The van der Waals surface area contributed by atoms with Crippen molar-refractivity contribution in [3.63, 3.8) is 0 Å². The molecule has 6 heteroatoms. The van der Waals surface area contributed by atoms with E-state index in [9.17, 15) is 14.7 Å². The number of aliphatic hydroxyl groups excluding tert-OH is 1. The molecule has 188 valence electrons. The zero-order valence-electron chi connectivity index (χ0n) is 21.9. The zero-order valence-corrected chi connectivity index (χ0v) is 22.9. The molecule has 1 N–H and O–H groups in total. The molecule has 0 aliphatic heterocycles. The zero-order chi connectivity index (χ0) is 25.1. The van der Waals surface area contributed by atoms with Gasteiger partial charge in [-0.15, -0.1) is 11.8 Å². The number of Topliss-reactive ketones (excluding diaryl/α,β-unsaturated/α-hetero) is 1. The van der Waals surface area contributed by atoms with E-state index in [0.717, 1.165) is 25.7 Å². The van der Waals surface area contributed by atoms with Crippen molar-refractivity contribution in [2.45, 2.75) is 116 Å². The maximum absolute atomic E-state index is 12.9. The number of carbonyl (C=O) groups excluding carboxylic acids is 2. The van der Waals surface area contributed by atoms with E-state index in [1.54, 1.807) is 0 Å². The van der Waals surface area contributed by atoms with Crippen LogP contribution in [0.4, 0.5) is 0 Å². The van der Waals surface area contributed by atoms with E-state index >= 15 is 0 Å². The summed E-state index contributed by atoms with van der Waals surface area (Å²) in [6, 6.07) is 0. The molecule has 4 atom stereocenters. The smallest absolute Gasteiger partial charge is 0.305 e. The Hall–Kier alpha value is -1.42. The molecule has 1 rings (SSSR count). The first-order valence-electron chi connectivity index (χ1n) is 12.5. The van der Waals surface area contributed by atoms with Crippen LogP contribution in [0.2, 0.25) is 18.1 Å². The van der Waals surface area contributed by atoms with E-state index < -0.39 is 14.4 Å². The summed E-state index contributed by atoms with van der Waals surface area (Å²) in [5.41, 5.74) is 0. The van der Waals surface area contributed by atoms with Crippen LogP contribution in [-0.2, 0) is 18.8 Å². The second kappa shape index (κ2) is 14.1. The Morgan fingerprint density at radius 1 is 1.24 bits per heavy atom. The number of ketones is 1. The molecular weight excluding hydrogens is 432 g/mol. The Kier molecular flexibility index (Phi) is 12.6. The molecule has 33 heavy (non-hydrogen) atoms. The summed E-state index contributed by atoms with van der Waals surface area (Å²) in [7, 11) is -0.659. The molecule has 0 unspecified atom stereocenters. The summed E-state index contributed by atoms with van der Waals surface area (Å²) in [6.07, 6.45) is 9.69. The van der Waals surface area contributed by atoms with Crippen LogP contribution in [0.15, 0.2) is 12.2 Å². The van der Waals surface area contributed by atoms with Crippen LogP contribution in [0.25, 0.3) is 0 Å². The Labute approximate surface area is 202 Å². The predicted molar refractivity (Wildman–Crippen MR) is 136 cm³/mol. The third kappa shape index (κ3) is 10.2. The molecule has 5 nitrogen and oxygen atoms in total. The van der Waals surface area contributed by atoms with E-state index in [1.807, 2.05) is 12.2 Å². The van der Waals surface area contributed by atoms with Gasteiger partial charge in [-0.2, -0.15) is 0 Å². The Balaban J connectivity index is 2.91. The number of unbranched alkanes of at least 4 members (excludes halogenated alkanes) is 3. The van der Waals surface area contributed by atoms with Gasteiger partial charge < -0.3 is 14.3 Å². The van der Waals surface area contributed by atoms with Gasteiger partial charge in [-0.05, 0) is 31.0 Å². The average Bonchev–Trinajstić information content (AvgIpc) is 3.01. The van der Waals surface area contributed by atoms with Crippen LogP contribution in [-0.4, -0.2) is 44.5 Å². The number of ether oxygens (including phenoxy) is 1. The monoisotopic (exact) mass is 478 g/mol. The SMILES string of the molecule is CCCCC[C@@H](O)/C=C/[C@H]1[C@H](O[Si](C)(C)C(C)(C)C)CC(=O)[C@@H]1CC#CCCCC(=O)OC. The Bertz CT molecular complexity index is 710. The van der Waals surface area contributed by atoms with Gasteiger partial charge in [-0.3, -0.25) is 9.59 Å². The molecule has 0 saturated heterocycles. The number of carbonyl (C=O) groups is 2. The summed E-state index contributed by atoms with van der Waals surface area (Å²) < 4.78 is 11.3. The molecule has 0 aromatic rings. The molecule has 1 aliphatic rings. The van der Waals surface area contributed by atoms with Crippen LogP contribution in [0, 0.1) is 23.7 Å². The van der Waals surface area contributed by atoms with Crippen LogP contribution >= 0.6 is 0 Å². The highest BCUT2D eigenvalue weighted by molar-refractivity contribution is 6.74. The fourth-order valence-corrected chi connectivity index (χ4v) is 5.14. The van der Waals surface area contributed by atoms with Crippen LogP contribution < -0.4 is 0 Å². The molecule has 0 spiro atoms. The fourth-order valence-electron chi connectivity index (χ4n) is 3.79. The Morgan fingerprint density at radius 2 is 1.94 bits per heavy atom. The van der Waals surface area contributed by atoms with E-state index in [-0.39, 0.29) is 34.7 Å². The van der Waals surface area contributed by atoms with Gasteiger partial charge in [0, 0.05) is 37.5 Å². The quantitative estimate of drug-likeness (QED) is 0.126. The van der Waals surface area contributed by atoms with E-state index in [2.05, 4.69) is 57.4 Å². The lowest BCUT2D eigenvalue weighted by Crippen LogP contribution is -2.45. The van der Waals surface area contributed by atoms with E-state index in [1.165, 1.54) is 7.11 Å².